The van der Waals surface area contributed by atoms with E-state index >= 15 is 4.39 Å². The van der Waals surface area contributed by atoms with Gasteiger partial charge in [-0.3, -0.25) is 13.6 Å². The molecular weight excluding hydrogens is 997 g/mol. The van der Waals surface area contributed by atoms with E-state index in [1.165, 1.54) is 103 Å². The van der Waals surface area contributed by atoms with E-state index in [1.807, 2.05) is 18.2 Å². The van der Waals surface area contributed by atoms with E-state index in [4.69, 9.17) is 44.0 Å². The predicted octanol–water partition coefficient (Wildman–Crippen LogP) is 5.18. The SMILES string of the molecule is CCCCCCCCCCCCCCCOC[C@H](COP(=O)(OC[C@H]1O[C@@](C#N)(c2ccc3c(N)ncnn23)[C@H](O)[C@@H]1O)OC[C@H]1O[C@@](C#N)(c2ccc3c(N)ncnn23)[C@H](O)[C@@H]1O)OCc1ccc(C#N)cc1F. The number of aliphatic hydroxyl groups is 4. The van der Waals surface area contributed by atoms with Gasteiger partial charge in [-0.15, -0.1) is 0 Å². The van der Waals surface area contributed by atoms with Gasteiger partial charge in [-0.1, -0.05) is 90.0 Å². The molecule has 0 saturated carbocycles. The zero-order valence-corrected chi connectivity index (χ0v) is 42.6. The fourth-order valence-electron chi connectivity index (χ4n) is 9.24. The van der Waals surface area contributed by atoms with Gasteiger partial charge in [0.05, 0.1) is 56.1 Å². The summed E-state index contributed by atoms with van der Waals surface area (Å²) >= 11 is 0. The molecule has 4 aromatic heterocycles. The maximum absolute atomic E-state index is 15.1. The number of nitrogens with two attached hydrogens (primary N) is 2. The van der Waals surface area contributed by atoms with Crippen LogP contribution >= 0.6 is 7.82 Å². The van der Waals surface area contributed by atoms with Crippen molar-refractivity contribution in [3.8, 4) is 18.2 Å². The zero-order chi connectivity index (χ0) is 53.6. The maximum atomic E-state index is 15.1. The molecule has 6 heterocycles. The molecule has 404 valence electrons. The van der Waals surface area contributed by atoms with E-state index in [1.54, 1.807) is 0 Å². The van der Waals surface area contributed by atoms with Crippen LogP contribution in [0.5, 0.6) is 0 Å². The van der Waals surface area contributed by atoms with Crippen LogP contribution in [-0.2, 0) is 54.9 Å². The second-order valence-corrected chi connectivity index (χ2v) is 20.4. The highest BCUT2D eigenvalue weighted by Crippen LogP contribution is 2.52. The molecule has 0 bridgehead atoms. The van der Waals surface area contributed by atoms with E-state index in [-0.39, 0.29) is 58.4 Å². The van der Waals surface area contributed by atoms with Gasteiger partial charge in [0.2, 0.25) is 11.2 Å². The molecule has 7 rings (SSSR count). The molecule has 0 radical (unpaired) electrons. The normalized spacial score (nSPS) is 24.1. The molecule has 1 aromatic carbocycles. The van der Waals surface area contributed by atoms with Crippen LogP contribution in [0.4, 0.5) is 16.0 Å². The molecule has 2 saturated heterocycles. The Morgan fingerprint density at radius 1 is 0.720 bits per heavy atom. The number of nitriles is 3. The Balaban J connectivity index is 1.05. The number of phosphoric acid groups is 1. The number of fused-ring (bicyclic) bond motifs is 2. The zero-order valence-electron chi connectivity index (χ0n) is 41.7. The second kappa shape index (κ2) is 26.3. The van der Waals surface area contributed by atoms with Crippen molar-refractivity contribution in [1.29, 1.82) is 15.8 Å². The number of halogens is 1. The fourth-order valence-corrected chi connectivity index (χ4v) is 10.5. The largest absolute Gasteiger partial charge is 0.475 e. The first-order valence-corrected chi connectivity index (χ1v) is 26.7. The Hall–Kier alpha value is -5.75. The number of aromatic nitrogens is 6. The molecule has 23 nitrogen and oxygen atoms in total. The van der Waals surface area contributed by atoms with E-state index in [0.29, 0.717) is 6.61 Å². The summed E-state index contributed by atoms with van der Waals surface area (Å²) in [5.74, 6) is -0.597. The van der Waals surface area contributed by atoms with E-state index in [2.05, 4.69) is 27.1 Å². The Bertz CT molecular complexity index is 2730. The highest BCUT2D eigenvalue weighted by Gasteiger charge is 2.59. The molecule has 2 fully saturated rings. The third kappa shape index (κ3) is 13.1. The van der Waals surface area contributed by atoms with Crippen LogP contribution in [0.3, 0.4) is 0 Å². The van der Waals surface area contributed by atoms with E-state index in [9.17, 15) is 40.8 Å². The average Bonchev–Trinajstić information content (AvgIpc) is 4.19. The van der Waals surface area contributed by atoms with Gasteiger partial charge >= 0.3 is 7.82 Å². The minimum Gasteiger partial charge on any atom is -0.387 e. The van der Waals surface area contributed by atoms with Gasteiger partial charge in [0.25, 0.3) is 0 Å². The lowest BCUT2D eigenvalue weighted by molar-refractivity contribution is -0.0803. The molecule has 8 N–H and O–H groups in total. The lowest BCUT2D eigenvalue weighted by atomic mass is 9.92. The van der Waals surface area contributed by atoms with Crippen LogP contribution in [0.15, 0.2) is 55.1 Å². The summed E-state index contributed by atoms with van der Waals surface area (Å²) in [5, 5.41) is 84.0. The van der Waals surface area contributed by atoms with Gasteiger partial charge in [-0.05, 0) is 42.8 Å². The number of rotatable bonds is 30. The second-order valence-electron chi connectivity index (χ2n) is 18.7. The van der Waals surface area contributed by atoms with Crippen LogP contribution in [0, 0.1) is 39.8 Å². The van der Waals surface area contributed by atoms with E-state index < -0.39 is 87.4 Å². The number of benzene rings is 1. The summed E-state index contributed by atoms with van der Waals surface area (Å²) in [6.45, 7) is -0.228. The van der Waals surface area contributed by atoms with Crippen LogP contribution in [0.25, 0.3) is 11.0 Å². The number of hydrogen-bond acceptors (Lipinski definition) is 21. The lowest BCUT2D eigenvalue weighted by Crippen LogP contribution is -2.41. The van der Waals surface area contributed by atoms with Gasteiger partial charge in [-0.2, -0.15) is 26.0 Å². The molecule has 0 amide bonds. The highest BCUT2D eigenvalue weighted by molar-refractivity contribution is 7.48. The van der Waals surface area contributed by atoms with Crippen LogP contribution < -0.4 is 11.5 Å². The number of ether oxygens (including phenoxy) is 4. The topological polar surface area (TPSA) is 346 Å². The van der Waals surface area contributed by atoms with Crippen molar-refractivity contribution >= 4 is 30.5 Å². The van der Waals surface area contributed by atoms with Crippen molar-refractivity contribution in [1.82, 2.24) is 29.2 Å². The van der Waals surface area contributed by atoms with Crippen molar-refractivity contribution in [2.24, 2.45) is 0 Å². The number of hydrogen-bond donors (Lipinski definition) is 6. The van der Waals surface area contributed by atoms with Gasteiger partial charge < -0.3 is 50.8 Å². The number of nitrogens with zero attached hydrogens (tertiary/aromatic N) is 9. The molecule has 25 heteroatoms. The summed E-state index contributed by atoms with van der Waals surface area (Å²) in [4.78, 5) is 7.87. The molecule has 0 spiro atoms. The summed E-state index contributed by atoms with van der Waals surface area (Å²) in [6.07, 6.45) is 5.60. The molecule has 0 aliphatic carbocycles. The number of unbranched alkanes of at least 4 members (excludes halogenated alkanes) is 12. The summed E-state index contributed by atoms with van der Waals surface area (Å²) in [5.41, 5.74) is 8.17. The van der Waals surface area contributed by atoms with Gasteiger partial charge in [0.15, 0.2) is 11.6 Å². The number of nitrogen functional groups attached to an aromatic ring is 2. The first-order valence-electron chi connectivity index (χ1n) is 25.2. The van der Waals surface area contributed by atoms with Crippen molar-refractivity contribution in [3.63, 3.8) is 0 Å². The summed E-state index contributed by atoms with van der Waals surface area (Å²) < 4.78 is 74.0. The van der Waals surface area contributed by atoms with Crippen molar-refractivity contribution in [2.45, 2.75) is 151 Å². The van der Waals surface area contributed by atoms with Gasteiger partial charge in [0.1, 0.15) is 84.4 Å². The van der Waals surface area contributed by atoms with E-state index in [0.717, 1.165) is 44.4 Å². The summed E-state index contributed by atoms with van der Waals surface area (Å²) in [7, 11) is -5.01. The quantitative estimate of drug-likeness (QED) is 0.0255. The molecule has 2 aliphatic rings. The van der Waals surface area contributed by atoms with Crippen molar-refractivity contribution in [3.05, 3.63) is 83.5 Å². The lowest BCUT2D eigenvalue weighted by Gasteiger charge is -2.26. The Morgan fingerprint density at radius 2 is 1.21 bits per heavy atom. The predicted molar refractivity (Wildman–Crippen MR) is 265 cm³/mol. The Morgan fingerprint density at radius 3 is 1.68 bits per heavy atom. The van der Waals surface area contributed by atoms with Crippen molar-refractivity contribution in [2.75, 3.05) is 44.5 Å². The van der Waals surface area contributed by atoms with Gasteiger partial charge in [-0.25, -0.2) is 28.0 Å². The third-order valence-electron chi connectivity index (χ3n) is 13.5. The first kappa shape index (κ1) is 57.0. The molecule has 0 unspecified atom stereocenters. The Labute approximate surface area is 433 Å². The van der Waals surface area contributed by atoms with Crippen LogP contribution in [0.2, 0.25) is 0 Å². The van der Waals surface area contributed by atoms with Gasteiger partial charge in [0, 0.05) is 12.2 Å². The smallest absolute Gasteiger partial charge is 0.387 e. The minimum atomic E-state index is -5.01. The number of phosphoric ester groups is 1. The molecular formula is C50H65FN11O12P. The molecule has 2 aliphatic heterocycles. The first-order chi connectivity index (χ1) is 36.2. The average molecular weight is 1060 g/mol. The Kier molecular flexibility index (Phi) is 20.0. The number of anilines is 2. The highest BCUT2D eigenvalue weighted by atomic mass is 31.2. The third-order valence-corrected chi connectivity index (χ3v) is 14.9. The van der Waals surface area contributed by atoms with Crippen LogP contribution in [0.1, 0.15) is 113 Å². The minimum absolute atomic E-state index is 0.0202. The van der Waals surface area contributed by atoms with Crippen molar-refractivity contribution < 1.29 is 61.9 Å². The maximum Gasteiger partial charge on any atom is 0.475 e. The fraction of sp³-hybridized carbons (Fsp3) is 0.580. The standard InChI is InChI=1S/C50H65FN11O12P/c1-2-3-4-5-6-7-8-9-10-11-12-13-14-21-68-25-35(69-24-34-16-15-33(23-52)22-36(34)51)26-70-75(67,71-27-39-43(63)45(65)49(29-53,73-39)41-19-17-37-47(55)57-31-59-61(37)41)72-28-40-44(64)46(66)50(30-54,74-40)42-20-18-38-48(56)58-32-60-62(38)42/h15-20,22,31-32,35,39-40,43-46,63-66H,2-14,21,24-28H2,1H3,(H2,55,57,59)(H2,56,58,60)/t35-,39-,40-,43-,44-,45-,46-,49+,50+/m1/s1. The monoisotopic (exact) mass is 1060 g/mol. The molecule has 75 heavy (non-hydrogen) atoms. The summed E-state index contributed by atoms with van der Waals surface area (Å²) in [6, 6.07) is 15.4. The molecule has 9 atom stereocenters. The molecule has 5 aromatic rings. The van der Waals surface area contributed by atoms with Crippen LogP contribution in [-0.4, -0.2) is 125 Å². The number of aliphatic hydroxyl groups excluding tert-OH is 4.